The molecular formula is C17H14Cl2N4O. The van der Waals surface area contributed by atoms with E-state index in [4.69, 9.17) is 28.5 Å². The van der Waals surface area contributed by atoms with Crippen molar-refractivity contribution in [1.29, 1.82) is 5.26 Å². The number of hydrogen-bond donors (Lipinski definition) is 2. The quantitative estimate of drug-likeness (QED) is 0.633. The van der Waals surface area contributed by atoms with Crippen LogP contribution in [0.2, 0.25) is 10.0 Å². The molecule has 0 heterocycles. The fraction of sp³-hybridized carbons (Fsp3) is 0.118. The van der Waals surface area contributed by atoms with Gasteiger partial charge in [-0.05, 0) is 42.0 Å². The van der Waals surface area contributed by atoms with Crippen molar-refractivity contribution in [1.82, 2.24) is 5.32 Å². The second-order valence-corrected chi connectivity index (χ2v) is 5.63. The van der Waals surface area contributed by atoms with Crippen LogP contribution in [0, 0.1) is 11.3 Å². The Labute approximate surface area is 149 Å². The number of carbonyl (C=O) groups excluding carboxylic acids is 1. The van der Waals surface area contributed by atoms with Crippen molar-refractivity contribution < 1.29 is 4.79 Å². The largest absolute Gasteiger partial charge is 0.324 e. The van der Waals surface area contributed by atoms with Crippen molar-refractivity contribution in [2.24, 2.45) is 4.99 Å². The van der Waals surface area contributed by atoms with Crippen LogP contribution in [-0.2, 0) is 6.42 Å². The van der Waals surface area contributed by atoms with Crippen molar-refractivity contribution in [2.45, 2.75) is 6.42 Å². The predicted molar refractivity (Wildman–Crippen MR) is 96.8 cm³/mol. The van der Waals surface area contributed by atoms with Gasteiger partial charge < -0.3 is 5.32 Å². The van der Waals surface area contributed by atoms with Gasteiger partial charge in [0.1, 0.15) is 5.84 Å². The molecule has 0 atom stereocenters. The number of nitriles is 1. The minimum Gasteiger partial charge on any atom is -0.308 e. The third-order valence-electron chi connectivity index (χ3n) is 3.21. The summed E-state index contributed by atoms with van der Waals surface area (Å²) in [6.45, 7) is 0. The van der Waals surface area contributed by atoms with Gasteiger partial charge in [-0.2, -0.15) is 5.26 Å². The number of hydrogen-bond acceptors (Lipinski definition) is 3. The van der Waals surface area contributed by atoms with Gasteiger partial charge >= 0.3 is 6.03 Å². The van der Waals surface area contributed by atoms with Gasteiger partial charge in [-0.3, -0.25) is 10.3 Å². The van der Waals surface area contributed by atoms with Crippen LogP contribution < -0.4 is 10.6 Å². The van der Waals surface area contributed by atoms with E-state index in [-0.39, 0.29) is 0 Å². The normalized spacial score (nSPS) is 10.8. The van der Waals surface area contributed by atoms with Gasteiger partial charge in [0.05, 0.1) is 11.6 Å². The Morgan fingerprint density at radius 1 is 1.17 bits per heavy atom. The van der Waals surface area contributed by atoms with Crippen molar-refractivity contribution >= 4 is 40.8 Å². The van der Waals surface area contributed by atoms with Crippen LogP contribution in [-0.4, -0.2) is 18.9 Å². The summed E-state index contributed by atoms with van der Waals surface area (Å²) in [5.74, 6) is 0.427. The first kappa shape index (κ1) is 17.8. The maximum absolute atomic E-state index is 12.1. The average molecular weight is 361 g/mol. The minimum atomic E-state index is -0.441. The molecule has 0 fully saturated rings. The minimum absolute atomic E-state index is 0.301. The first-order valence-electron chi connectivity index (χ1n) is 7.00. The van der Waals surface area contributed by atoms with Gasteiger partial charge in [0, 0.05) is 29.2 Å². The summed E-state index contributed by atoms with van der Waals surface area (Å²) in [4.78, 5) is 16.1. The molecule has 24 heavy (non-hydrogen) atoms. The molecule has 2 amide bonds. The fourth-order valence-corrected chi connectivity index (χ4v) is 2.50. The summed E-state index contributed by atoms with van der Waals surface area (Å²) in [5.41, 5.74) is 1.78. The molecule has 0 aromatic heterocycles. The SMILES string of the molecule is CN=C(Cc1c(Cl)cccc1Cl)NC(=O)Nc1ccc(C#N)cc1. The Bertz CT molecular complexity index is 790. The van der Waals surface area contributed by atoms with Gasteiger partial charge in [0.15, 0.2) is 0 Å². The number of benzene rings is 2. The zero-order valence-electron chi connectivity index (χ0n) is 12.8. The van der Waals surface area contributed by atoms with Crippen LogP contribution in [0.3, 0.4) is 0 Å². The number of rotatable bonds is 3. The van der Waals surface area contributed by atoms with E-state index in [9.17, 15) is 4.79 Å². The van der Waals surface area contributed by atoms with E-state index in [1.807, 2.05) is 6.07 Å². The van der Waals surface area contributed by atoms with Gasteiger partial charge in [-0.15, -0.1) is 0 Å². The molecule has 0 aliphatic heterocycles. The van der Waals surface area contributed by atoms with Crippen LogP contribution in [0.5, 0.6) is 0 Å². The highest BCUT2D eigenvalue weighted by molar-refractivity contribution is 6.36. The van der Waals surface area contributed by atoms with Crippen LogP contribution in [0.4, 0.5) is 10.5 Å². The lowest BCUT2D eigenvalue weighted by Crippen LogP contribution is -2.35. The second kappa shape index (κ2) is 8.34. The zero-order chi connectivity index (χ0) is 17.5. The van der Waals surface area contributed by atoms with Gasteiger partial charge in [-0.1, -0.05) is 29.3 Å². The first-order valence-corrected chi connectivity index (χ1v) is 7.75. The Hall–Kier alpha value is -2.55. The van der Waals surface area contributed by atoms with E-state index in [0.29, 0.717) is 39.1 Å². The molecule has 2 aromatic carbocycles. The number of carbonyl (C=O) groups is 1. The lowest BCUT2D eigenvalue weighted by Gasteiger charge is -2.12. The second-order valence-electron chi connectivity index (χ2n) is 4.82. The Balaban J connectivity index is 2.02. The standard InChI is InChI=1S/C17H14Cl2N4O/c1-21-16(9-13-14(18)3-2-4-15(13)19)23-17(24)22-12-7-5-11(10-20)6-8-12/h2-8H,9H2,1H3,(H2,21,22,23,24). The van der Waals surface area contributed by atoms with Crippen LogP contribution >= 0.6 is 23.2 Å². The molecule has 0 aliphatic rings. The molecule has 5 nitrogen and oxygen atoms in total. The summed E-state index contributed by atoms with van der Waals surface area (Å²) in [6, 6.07) is 13.3. The van der Waals surface area contributed by atoms with Gasteiger partial charge in [-0.25, -0.2) is 4.79 Å². The molecule has 2 aromatic rings. The summed E-state index contributed by atoms with van der Waals surface area (Å²) in [7, 11) is 1.57. The van der Waals surface area contributed by atoms with E-state index in [1.54, 1.807) is 49.5 Å². The molecule has 0 spiro atoms. The molecular weight excluding hydrogens is 347 g/mol. The molecule has 0 aliphatic carbocycles. The number of nitrogens with one attached hydrogen (secondary N) is 2. The summed E-state index contributed by atoms with van der Waals surface area (Å²) in [6.07, 6.45) is 0.301. The fourth-order valence-electron chi connectivity index (χ4n) is 1.97. The molecule has 2 N–H and O–H groups in total. The number of anilines is 1. The molecule has 0 saturated carbocycles. The smallest absolute Gasteiger partial charge is 0.308 e. The number of urea groups is 1. The van der Waals surface area contributed by atoms with E-state index in [0.717, 1.165) is 0 Å². The Kier molecular flexibility index (Phi) is 6.19. The Morgan fingerprint density at radius 3 is 2.33 bits per heavy atom. The highest BCUT2D eigenvalue weighted by atomic mass is 35.5. The molecule has 0 unspecified atom stereocenters. The van der Waals surface area contributed by atoms with E-state index < -0.39 is 6.03 Å². The van der Waals surface area contributed by atoms with Gasteiger partial charge in [0.25, 0.3) is 0 Å². The van der Waals surface area contributed by atoms with Crippen LogP contribution in [0.25, 0.3) is 0 Å². The van der Waals surface area contributed by atoms with E-state index >= 15 is 0 Å². The average Bonchev–Trinajstić information content (AvgIpc) is 2.58. The first-order chi connectivity index (χ1) is 11.5. The molecule has 7 heteroatoms. The summed E-state index contributed by atoms with van der Waals surface area (Å²) >= 11 is 12.3. The van der Waals surface area contributed by atoms with Crippen molar-refractivity contribution in [2.75, 3.05) is 12.4 Å². The lowest BCUT2D eigenvalue weighted by molar-refractivity contribution is 0.256. The van der Waals surface area contributed by atoms with Crippen molar-refractivity contribution in [3.8, 4) is 6.07 Å². The lowest BCUT2D eigenvalue weighted by atomic mass is 10.1. The molecule has 0 bridgehead atoms. The monoisotopic (exact) mass is 360 g/mol. The molecule has 122 valence electrons. The van der Waals surface area contributed by atoms with Crippen LogP contribution in [0.1, 0.15) is 11.1 Å². The summed E-state index contributed by atoms with van der Waals surface area (Å²) < 4.78 is 0. The Morgan fingerprint density at radius 2 is 1.79 bits per heavy atom. The third-order valence-corrected chi connectivity index (χ3v) is 3.91. The van der Waals surface area contributed by atoms with Crippen LogP contribution in [0.15, 0.2) is 47.5 Å². The molecule has 0 radical (unpaired) electrons. The number of aliphatic imine (C=N–C) groups is 1. The molecule has 0 saturated heterocycles. The topological polar surface area (TPSA) is 77.3 Å². The maximum atomic E-state index is 12.1. The highest BCUT2D eigenvalue weighted by Crippen LogP contribution is 2.24. The zero-order valence-corrected chi connectivity index (χ0v) is 14.3. The van der Waals surface area contributed by atoms with Gasteiger partial charge in [0.2, 0.25) is 0 Å². The highest BCUT2D eigenvalue weighted by Gasteiger charge is 2.11. The van der Waals surface area contributed by atoms with E-state index in [2.05, 4.69) is 15.6 Å². The maximum Gasteiger partial charge on any atom is 0.324 e. The summed E-state index contributed by atoms with van der Waals surface area (Å²) in [5, 5.41) is 15.1. The third kappa shape index (κ3) is 4.72. The van der Waals surface area contributed by atoms with E-state index in [1.165, 1.54) is 0 Å². The molecule has 2 rings (SSSR count). The van der Waals surface area contributed by atoms with Crippen molar-refractivity contribution in [3.05, 3.63) is 63.6 Å². The number of halogens is 2. The van der Waals surface area contributed by atoms with Crippen molar-refractivity contribution in [3.63, 3.8) is 0 Å². The predicted octanol–water partition coefficient (Wildman–Crippen LogP) is 4.26. The number of amides is 2. The number of amidine groups is 1. The number of nitrogens with zero attached hydrogens (tertiary/aromatic N) is 2.